The first-order valence-corrected chi connectivity index (χ1v) is 7.93. The second kappa shape index (κ2) is 8.52. The second-order valence-electron chi connectivity index (χ2n) is 4.70. The molecule has 2 aromatic carbocycles. The molecule has 0 amide bonds. The third-order valence-corrected chi connectivity index (χ3v) is 3.58. The van der Waals surface area contributed by atoms with Crippen LogP contribution in [0.3, 0.4) is 0 Å². The van der Waals surface area contributed by atoms with Crippen LogP contribution in [0.2, 0.25) is 10.0 Å². The number of rotatable bonds is 5. The van der Waals surface area contributed by atoms with Gasteiger partial charge in [0, 0.05) is 16.8 Å². The fourth-order valence-electron chi connectivity index (χ4n) is 1.90. The Morgan fingerprint density at radius 3 is 2.54 bits per heavy atom. The number of ether oxygens (including phenoxy) is 1. The number of benzene rings is 2. The molecule has 0 atom stereocenters. The van der Waals surface area contributed by atoms with Crippen LogP contribution in [0.5, 0.6) is 0 Å². The summed E-state index contributed by atoms with van der Waals surface area (Å²) in [6, 6.07) is 13.6. The van der Waals surface area contributed by atoms with Gasteiger partial charge in [-0.05, 0) is 37.3 Å². The quantitative estimate of drug-likeness (QED) is 0.342. The number of aliphatic imine (C=N–C) groups is 1. The molecular weight excluding hydrogens is 349 g/mol. The molecular formula is C18H15Cl2NO3. The highest BCUT2D eigenvalue weighted by molar-refractivity contribution is 6.36. The van der Waals surface area contributed by atoms with Gasteiger partial charge in [0.05, 0.1) is 17.3 Å². The zero-order chi connectivity index (χ0) is 17.5. The van der Waals surface area contributed by atoms with E-state index < -0.39 is 5.97 Å². The van der Waals surface area contributed by atoms with E-state index in [9.17, 15) is 9.90 Å². The lowest BCUT2D eigenvalue weighted by atomic mass is 10.1. The van der Waals surface area contributed by atoms with Crippen LogP contribution in [0.4, 0.5) is 5.69 Å². The van der Waals surface area contributed by atoms with E-state index in [1.165, 1.54) is 18.3 Å². The maximum Gasteiger partial charge on any atom is 0.343 e. The Morgan fingerprint density at radius 1 is 1.21 bits per heavy atom. The SMILES string of the molecule is CCOC(=O)C(C=Nc1ccccc1)=C(O)c1ccc(Cl)cc1Cl. The summed E-state index contributed by atoms with van der Waals surface area (Å²) >= 11 is 11.9. The third kappa shape index (κ3) is 4.60. The number of carbonyl (C=O) groups excluding carboxylic acids is 1. The Balaban J connectivity index is 2.48. The lowest BCUT2D eigenvalue weighted by molar-refractivity contribution is -0.137. The van der Waals surface area contributed by atoms with Crippen LogP contribution in [-0.2, 0) is 9.53 Å². The molecule has 0 spiro atoms. The Kier molecular flexibility index (Phi) is 6.41. The molecule has 0 aromatic heterocycles. The van der Waals surface area contributed by atoms with Crippen molar-refractivity contribution in [3.8, 4) is 0 Å². The van der Waals surface area contributed by atoms with E-state index in [2.05, 4.69) is 4.99 Å². The molecule has 2 rings (SSSR count). The van der Waals surface area contributed by atoms with Crippen molar-refractivity contribution in [3.05, 3.63) is 69.7 Å². The number of nitrogens with zero attached hydrogens (tertiary/aromatic N) is 1. The number of para-hydroxylation sites is 1. The summed E-state index contributed by atoms with van der Waals surface area (Å²) in [5.74, 6) is -1.02. The fraction of sp³-hybridized carbons (Fsp3) is 0.111. The van der Waals surface area contributed by atoms with Crippen molar-refractivity contribution < 1.29 is 14.6 Å². The Bertz CT molecular complexity index is 786. The first-order valence-electron chi connectivity index (χ1n) is 7.17. The first kappa shape index (κ1) is 18.0. The highest BCUT2D eigenvalue weighted by Gasteiger charge is 2.18. The molecule has 2 aromatic rings. The number of halogens is 2. The van der Waals surface area contributed by atoms with Crippen molar-refractivity contribution in [1.82, 2.24) is 0 Å². The Labute approximate surface area is 150 Å². The van der Waals surface area contributed by atoms with Gasteiger partial charge < -0.3 is 9.84 Å². The van der Waals surface area contributed by atoms with Crippen LogP contribution in [0, 0.1) is 0 Å². The van der Waals surface area contributed by atoms with E-state index in [1.54, 1.807) is 25.1 Å². The van der Waals surface area contributed by atoms with Crippen molar-refractivity contribution in [3.63, 3.8) is 0 Å². The molecule has 4 nitrogen and oxygen atoms in total. The molecule has 0 aliphatic carbocycles. The van der Waals surface area contributed by atoms with Crippen molar-refractivity contribution in [2.45, 2.75) is 6.92 Å². The van der Waals surface area contributed by atoms with Crippen LogP contribution < -0.4 is 0 Å². The van der Waals surface area contributed by atoms with Gasteiger partial charge in [-0.25, -0.2) is 4.79 Å². The maximum atomic E-state index is 12.2. The average molecular weight is 364 g/mol. The highest BCUT2D eigenvalue weighted by Crippen LogP contribution is 2.27. The summed E-state index contributed by atoms with van der Waals surface area (Å²) < 4.78 is 4.98. The molecule has 0 radical (unpaired) electrons. The normalized spacial score (nSPS) is 12.1. The lowest BCUT2D eigenvalue weighted by Gasteiger charge is -2.08. The number of aliphatic hydroxyl groups is 1. The molecule has 0 bridgehead atoms. The standard InChI is InChI=1S/C18H15Cl2NO3/c1-2-24-18(23)15(11-21-13-6-4-3-5-7-13)17(22)14-9-8-12(19)10-16(14)20/h3-11,22H,2H2,1H3. The minimum Gasteiger partial charge on any atom is -0.506 e. The fourth-order valence-corrected chi connectivity index (χ4v) is 2.40. The summed E-state index contributed by atoms with van der Waals surface area (Å²) in [5.41, 5.74) is 0.808. The predicted molar refractivity (Wildman–Crippen MR) is 97.2 cm³/mol. The van der Waals surface area contributed by atoms with Gasteiger partial charge in [0.25, 0.3) is 0 Å². The van der Waals surface area contributed by atoms with Gasteiger partial charge in [0.2, 0.25) is 0 Å². The van der Waals surface area contributed by atoms with Crippen LogP contribution in [-0.4, -0.2) is 23.9 Å². The van der Waals surface area contributed by atoms with E-state index in [-0.39, 0.29) is 28.5 Å². The average Bonchev–Trinajstić information content (AvgIpc) is 2.56. The molecule has 0 heterocycles. The number of hydrogen-bond acceptors (Lipinski definition) is 4. The zero-order valence-electron chi connectivity index (χ0n) is 12.9. The van der Waals surface area contributed by atoms with Gasteiger partial charge in [0.1, 0.15) is 11.3 Å². The van der Waals surface area contributed by atoms with Gasteiger partial charge in [0.15, 0.2) is 0 Å². The largest absolute Gasteiger partial charge is 0.506 e. The van der Waals surface area contributed by atoms with Gasteiger partial charge in [-0.2, -0.15) is 0 Å². The molecule has 0 fully saturated rings. The van der Waals surface area contributed by atoms with Gasteiger partial charge >= 0.3 is 5.97 Å². The summed E-state index contributed by atoms with van der Waals surface area (Å²) in [4.78, 5) is 16.3. The smallest absolute Gasteiger partial charge is 0.343 e. The van der Waals surface area contributed by atoms with Crippen molar-refractivity contribution >= 4 is 46.8 Å². The van der Waals surface area contributed by atoms with E-state index in [0.717, 1.165) is 0 Å². The molecule has 0 aliphatic rings. The number of aliphatic hydroxyl groups excluding tert-OH is 1. The third-order valence-electron chi connectivity index (χ3n) is 3.04. The van der Waals surface area contributed by atoms with E-state index >= 15 is 0 Å². The maximum absolute atomic E-state index is 12.2. The topological polar surface area (TPSA) is 58.9 Å². The molecule has 0 aliphatic heterocycles. The summed E-state index contributed by atoms with van der Waals surface area (Å²) in [7, 11) is 0. The minimum atomic E-state index is -0.694. The highest BCUT2D eigenvalue weighted by atomic mass is 35.5. The van der Waals surface area contributed by atoms with Gasteiger partial charge in [-0.1, -0.05) is 41.4 Å². The molecule has 0 unspecified atom stereocenters. The van der Waals surface area contributed by atoms with Crippen LogP contribution in [0.1, 0.15) is 12.5 Å². The van der Waals surface area contributed by atoms with E-state index in [4.69, 9.17) is 27.9 Å². The van der Waals surface area contributed by atoms with Crippen molar-refractivity contribution in [1.29, 1.82) is 0 Å². The van der Waals surface area contributed by atoms with Crippen molar-refractivity contribution in [2.24, 2.45) is 4.99 Å². The predicted octanol–water partition coefficient (Wildman–Crippen LogP) is 5.23. The molecule has 1 N–H and O–H groups in total. The minimum absolute atomic E-state index is 0.0927. The number of hydrogen-bond donors (Lipinski definition) is 1. The second-order valence-corrected chi connectivity index (χ2v) is 5.54. The van der Waals surface area contributed by atoms with Gasteiger partial charge in [-0.15, -0.1) is 0 Å². The summed E-state index contributed by atoms with van der Waals surface area (Å²) in [6.07, 6.45) is 1.26. The molecule has 0 saturated carbocycles. The first-order chi connectivity index (χ1) is 11.5. The molecule has 6 heteroatoms. The van der Waals surface area contributed by atoms with E-state index in [0.29, 0.717) is 10.7 Å². The van der Waals surface area contributed by atoms with Gasteiger partial charge in [-0.3, -0.25) is 4.99 Å². The van der Waals surface area contributed by atoms with Crippen molar-refractivity contribution in [2.75, 3.05) is 6.61 Å². The summed E-state index contributed by atoms with van der Waals surface area (Å²) in [5, 5.41) is 11.1. The zero-order valence-corrected chi connectivity index (χ0v) is 14.4. The molecule has 24 heavy (non-hydrogen) atoms. The molecule has 0 saturated heterocycles. The lowest BCUT2D eigenvalue weighted by Crippen LogP contribution is -2.11. The van der Waals surface area contributed by atoms with E-state index in [1.807, 2.05) is 18.2 Å². The van der Waals surface area contributed by atoms with Crippen LogP contribution in [0.25, 0.3) is 5.76 Å². The monoisotopic (exact) mass is 363 g/mol. The summed E-state index contributed by atoms with van der Waals surface area (Å²) in [6.45, 7) is 1.85. The molecule has 124 valence electrons. The Morgan fingerprint density at radius 2 is 1.92 bits per heavy atom. The van der Waals surface area contributed by atoms with Crippen LogP contribution >= 0.6 is 23.2 Å². The number of esters is 1. The Hall–Kier alpha value is -2.30. The number of carbonyl (C=O) groups is 1. The van der Waals surface area contributed by atoms with Crippen LogP contribution in [0.15, 0.2) is 59.1 Å².